The summed E-state index contributed by atoms with van der Waals surface area (Å²) in [6.07, 6.45) is 5.63. The molecule has 1 N–H and O–H groups in total. The summed E-state index contributed by atoms with van der Waals surface area (Å²) in [7, 11) is 3.24. The van der Waals surface area contributed by atoms with Gasteiger partial charge in [-0.3, -0.25) is 9.69 Å². The number of ether oxygens (including phenoxy) is 2. The molecule has 0 spiro atoms. The van der Waals surface area contributed by atoms with Gasteiger partial charge < -0.3 is 14.8 Å². The first-order valence-corrected chi connectivity index (χ1v) is 9.03. The van der Waals surface area contributed by atoms with E-state index in [0.717, 1.165) is 31.2 Å². The van der Waals surface area contributed by atoms with E-state index in [-0.39, 0.29) is 29.5 Å². The van der Waals surface area contributed by atoms with E-state index in [1.807, 2.05) is 18.9 Å². The largest absolute Gasteiger partial charge is 0.493 e. The Bertz CT molecular complexity index is 592. The van der Waals surface area contributed by atoms with Crippen molar-refractivity contribution in [3.63, 3.8) is 0 Å². The number of halogens is 2. The van der Waals surface area contributed by atoms with Crippen LogP contribution in [0.15, 0.2) is 18.2 Å². The number of carbonyl (C=O) groups excluding carboxylic acids is 1. The van der Waals surface area contributed by atoms with E-state index in [2.05, 4.69) is 10.1 Å². The second-order valence-corrected chi connectivity index (χ2v) is 6.80. The number of carbonyl (C=O) groups is 1. The molecule has 0 bridgehead atoms. The number of hydrogen-bond donors (Lipinski definition) is 1. The third-order valence-corrected chi connectivity index (χ3v) is 4.87. The molecule has 146 valence electrons. The van der Waals surface area contributed by atoms with Gasteiger partial charge in [0.15, 0.2) is 11.5 Å². The quantitative estimate of drug-likeness (QED) is 0.760. The third kappa shape index (κ3) is 5.83. The van der Waals surface area contributed by atoms with Crippen LogP contribution in [0.25, 0.3) is 0 Å². The Kier molecular flexibility index (Phi) is 7.63. The number of nitrogens with one attached hydrogen (secondary N) is 1. The number of alkyl halides is 2. The minimum atomic E-state index is -2.92. The molecule has 1 aliphatic carbocycles. The van der Waals surface area contributed by atoms with Crippen LogP contribution in [0.1, 0.15) is 44.6 Å². The highest BCUT2D eigenvalue weighted by atomic mass is 19.3. The van der Waals surface area contributed by atoms with Crippen LogP contribution in [0.5, 0.6) is 11.5 Å². The monoisotopic (exact) mass is 370 g/mol. The zero-order valence-electron chi connectivity index (χ0n) is 15.6. The molecule has 1 aromatic carbocycles. The van der Waals surface area contributed by atoms with Crippen LogP contribution in [0, 0.1) is 0 Å². The maximum Gasteiger partial charge on any atom is 0.387 e. The van der Waals surface area contributed by atoms with Crippen LogP contribution in [-0.2, 0) is 11.3 Å². The fourth-order valence-electron chi connectivity index (χ4n) is 3.20. The van der Waals surface area contributed by atoms with Gasteiger partial charge in [-0.05, 0) is 44.5 Å². The van der Waals surface area contributed by atoms with Gasteiger partial charge in [0, 0.05) is 12.6 Å². The molecule has 5 nitrogen and oxygen atoms in total. The highest BCUT2D eigenvalue weighted by Crippen LogP contribution is 2.30. The molecule has 1 unspecified atom stereocenters. The molecule has 0 heterocycles. The van der Waals surface area contributed by atoms with Gasteiger partial charge in [-0.2, -0.15) is 8.78 Å². The molecule has 0 aliphatic heterocycles. The lowest BCUT2D eigenvalue weighted by Gasteiger charge is -2.28. The Hall–Kier alpha value is -1.89. The molecule has 2 rings (SSSR count). The second-order valence-electron chi connectivity index (χ2n) is 6.80. The average Bonchev–Trinajstić information content (AvgIpc) is 2.61. The number of hydrogen-bond acceptors (Lipinski definition) is 4. The average molecular weight is 370 g/mol. The van der Waals surface area contributed by atoms with Crippen molar-refractivity contribution in [1.29, 1.82) is 0 Å². The van der Waals surface area contributed by atoms with Crippen molar-refractivity contribution in [3.8, 4) is 11.5 Å². The van der Waals surface area contributed by atoms with Crippen molar-refractivity contribution in [2.75, 3.05) is 14.2 Å². The third-order valence-electron chi connectivity index (χ3n) is 4.87. The molecule has 1 amide bonds. The summed E-state index contributed by atoms with van der Waals surface area (Å²) in [5, 5.41) is 3.12. The summed E-state index contributed by atoms with van der Waals surface area (Å²) in [6, 6.07) is 4.83. The summed E-state index contributed by atoms with van der Waals surface area (Å²) < 4.78 is 34.6. The minimum absolute atomic E-state index is 0.00281. The standard InChI is InChI=1S/C19H28F2N2O3/c1-13(18(24)22-15-7-5-4-6-8-15)23(2)12-14-9-10-16(25-3)17(11-14)26-19(20)21/h9-11,13,15,19H,4-8,12H2,1-3H3,(H,22,24). The van der Waals surface area contributed by atoms with Crippen molar-refractivity contribution in [2.45, 2.75) is 64.3 Å². The molecule has 1 saturated carbocycles. The van der Waals surface area contributed by atoms with E-state index in [1.165, 1.54) is 19.6 Å². The Labute approximate surface area is 153 Å². The van der Waals surface area contributed by atoms with Crippen LogP contribution in [-0.4, -0.2) is 43.7 Å². The highest BCUT2D eigenvalue weighted by Gasteiger charge is 2.22. The summed E-state index contributed by atoms with van der Waals surface area (Å²) in [6.45, 7) is -0.641. The Morgan fingerprint density at radius 2 is 1.96 bits per heavy atom. The van der Waals surface area contributed by atoms with Crippen molar-refractivity contribution >= 4 is 5.91 Å². The van der Waals surface area contributed by atoms with Crippen LogP contribution < -0.4 is 14.8 Å². The molecule has 26 heavy (non-hydrogen) atoms. The number of benzene rings is 1. The van der Waals surface area contributed by atoms with Crippen LogP contribution in [0.4, 0.5) is 8.78 Å². The maximum absolute atomic E-state index is 12.5. The lowest BCUT2D eigenvalue weighted by molar-refractivity contribution is -0.126. The smallest absolute Gasteiger partial charge is 0.387 e. The topological polar surface area (TPSA) is 50.8 Å². The van der Waals surface area contributed by atoms with Crippen molar-refractivity contribution in [1.82, 2.24) is 10.2 Å². The Morgan fingerprint density at radius 1 is 1.27 bits per heavy atom. The zero-order chi connectivity index (χ0) is 19.1. The summed E-state index contributed by atoms with van der Waals surface area (Å²) >= 11 is 0. The fraction of sp³-hybridized carbons (Fsp3) is 0.632. The number of amides is 1. The minimum Gasteiger partial charge on any atom is -0.493 e. The molecule has 7 heteroatoms. The molecule has 0 saturated heterocycles. The maximum atomic E-state index is 12.5. The van der Waals surface area contributed by atoms with Gasteiger partial charge in [0.1, 0.15) is 0 Å². The SMILES string of the molecule is COc1ccc(CN(C)C(C)C(=O)NC2CCCCC2)cc1OC(F)F. The van der Waals surface area contributed by atoms with E-state index in [0.29, 0.717) is 6.54 Å². The van der Waals surface area contributed by atoms with Gasteiger partial charge >= 0.3 is 6.61 Å². The molecule has 1 atom stereocenters. The van der Waals surface area contributed by atoms with Crippen LogP contribution in [0.3, 0.4) is 0 Å². The summed E-state index contributed by atoms with van der Waals surface area (Å²) in [4.78, 5) is 14.3. The number of methoxy groups -OCH3 is 1. The number of nitrogens with zero attached hydrogens (tertiary/aromatic N) is 1. The van der Waals surface area contributed by atoms with E-state index >= 15 is 0 Å². The van der Waals surface area contributed by atoms with Gasteiger partial charge in [0.2, 0.25) is 5.91 Å². The van der Waals surface area contributed by atoms with E-state index < -0.39 is 6.61 Å². The fourth-order valence-corrected chi connectivity index (χ4v) is 3.20. The van der Waals surface area contributed by atoms with Crippen molar-refractivity contribution in [2.24, 2.45) is 0 Å². The summed E-state index contributed by atoms with van der Waals surface area (Å²) in [5.74, 6) is 0.240. The van der Waals surface area contributed by atoms with E-state index in [1.54, 1.807) is 12.1 Å². The van der Waals surface area contributed by atoms with Crippen molar-refractivity contribution < 1.29 is 23.0 Å². The van der Waals surface area contributed by atoms with Crippen LogP contribution >= 0.6 is 0 Å². The lowest BCUT2D eigenvalue weighted by atomic mass is 9.95. The number of likely N-dealkylation sites (N-methyl/N-ethyl adjacent to an activating group) is 1. The molecule has 1 fully saturated rings. The number of rotatable bonds is 8. The van der Waals surface area contributed by atoms with Gasteiger partial charge in [-0.25, -0.2) is 0 Å². The predicted octanol–water partition coefficient (Wildman–Crippen LogP) is 3.57. The molecular weight excluding hydrogens is 342 g/mol. The Balaban J connectivity index is 1.96. The highest BCUT2D eigenvalue weighted by molar-refractivity contribution is 5.81. The van der Waals surface area contributed by atoms with Crippen molar-refractivity contribution in [3.05, 3.63) is 23.8 Å². The zero-order valence-corrected chi connectivity index (χ0v) is 15.6. The lowest BCUT2D eigenvalue weighted by Crippen LogP contribution is -2.47. The van der Waals surface area contributed by atoms with Gasteiger partial charge in [-0.1, -0.05) is 25.3 Å². The van der Waals surface area contributed by atoms with E-state index in [9.17, 15) is 13.6 Å². The molecule has 0 aromatic heterocycles. The first-order chi connectivity index (χ1) is 12.4. The Morgan fingerprint density at radius 3 is 2.58 bits per heavy atom. The molecule has 1 aliphatic rings. The van der Waals surface area contributed by atoms with Gasteiger partial charge in [-0.15, -0.1) is 0 Å². The van der Waals surface area contributed by atoms with Crippen LogP contribution in [0.2, 0.25) is 0 Å². The second kappa shape index (κ2) is 9.71. The van der Waals surface area contributed by atoms with Gasteiger partial charge in [0.05, 0.1) is 13.2 Å². The first kappa shape index (κ1) is 20.4. The predicted molar refractivity (Wildman–Crippen MR) is 95.6 cm³/mol. The van der Waals surface area contributed by atoms with E-state index in [4.69, 9.17) is 4.74 Å². The molecule has 0 radical (unpaired) electrons. The van der Waals surface area contributed by atoms with Gasteiger partial charge in [0.25, 0.3) is 0 Å². The first-order valence-electron chi connectivity index (χ1n) is 9.03. The normalized spacial score (nSPS) is 16.6. The molecule has 1 aromatic rings. The molecular formula is C19H28F2N2O3. The summed E-state index contributed by atoms with van der Waals surface area (Å²) in [5.41, 5.74) is 0.765.